The van der Waals surface area contributed by atoms with Gasteiger partial charge in [0.15, 0.2) is 0 Å². The number of carbonyl (C=O) groups excluding carboxylic acids is 2. The number of esters is 1. The molecule has 0 aromatic heterocycles. The van der Waals surface area contributed by atoms with Gasteiger partial charge in [-0.3, -0.25) is 9.59 Å². The van der Waals surface area contributed by atoms with E-state index in [0.717, 1.165) is 16.2 Å². The number of benzene rings is 1. The summed E-state index contributed by atoms with van der Waals surface area (Å²) in [7, 11) is 2.95. The van der Waals surface area contributed by atoms with Crippen molar-refractivity contribution in [3.8, 4) is 0 Å². The van der Waals surface area contributed by atoms with E-state index in [1.807, 2.05) is 24.3 Å². The van der Waals surface area contributed by atoms with E-state index in [4.69, 9.17) is 0 Å². The number of thioether (sulfide) groups is 1. The van der Waals surface area contributed by atoms with E-state index in [-0.39, 0.29) is 18.4 Å². The van der Waals surface area contributed by atoms with Crippen LogP contribution in [0.5, 0.6) is 0 Å². The number of carbonyl (C=O) groups is 2. The molecule has 0 bridgehead atoms. The number of hydrogen-bond donors (Lipinski definition) is 0. The van der Waals surface area contributed by atoms with Gasteiger partial charge < -0.3 is 9.64 Å². The lowest BCUT2D eigenvalue weighted by molar-refractivity contribution is -0.146. The minimum atomic E-state index is -0.398. The molecule has 1 aromatic rings. The zero-order valence-electron chi connectivity index (χ0n) is 10.4. The van der Waals surface area contributed by atoms with Crippen molar-refractivity contribution in [1.29, 1.82) is 0 Å². The number of amides is 1. The molecular formula is C13H15NO3S. The Hall–Kier alpha value is -1.49. The molecule has 96 valence electrons. The van der Waals surface area contributed by atoms with Crippen LogP contribution in [0, 0.1) is 0 Å². The first-order valence-corrected chi connectivity index (χ1v) is 6.65. The van der Waals surface area contributed by atoms with Crippen LogP contribution in [0.25, 0.3) is 0 Å². The molecule has 0 saturated heterocycles. The Balaban J connectivity index is 2.09. The van der Waals surface area contributed by atoms with Crippen molar-refractivity contribution in [2.75, 3.05) is 26.5 Å². The largest absolute Gasteiger partial charge is 0.468 e. The normalized spacial score (nSPS) is 17.1. The summed E-state index contributed by atoms with van der Waals surface area (Å²) >= 11 is 1.68. The van der Waals surface area contributed by atoms with Gasteiger partial charge in [-0.05, 0) is 11.6 Å². The molecule has 4 nitrogen and oxygen atoms in total. The summed E-state index contributed by atoms with van der Waals surface area (Å²) < 4.78 is 4.57. The van der Waals surface area contributed by atoms with Crippen molar-refractivity contribution >= 4 is 23.6 Å². The summed E-state index contributed by atoms with van der Waals surface area (Å²) in [5.74, 6) is 0.160. The second-order valence-electron chi connectivity index (χ2n) is 4.17. The van der Waals surface area contributed by atoms with Crippen molar-refractivity contribution in [2.45, 2.75) is 10.8 Å². The third-order valence-electron chi connectivity index (χ3n) is 2.97. The molecule has 1 atom stereocenters. The molecule has 0 fully saturated rings. The lowest BCUT2D eigenvalue weighted by atomic mass is 10.00. The quantitative estimate of drug-likeness (QED) is 0.777. The molecular weight excluding hydrogens is 250 g/mol. The smallest absolute Gasteiger partial charge is 0.325 e. The maximum atomic E-state index is 12.3. The molecule has 18 heavy (non-hydrogen) atoms. The minimum absolute atomic E-state index is 0.00132. The molecule has 2 rings (SSSR count). The Bertz CT molecular complexity index is 475. The van der Waals surface area contributed by atoms with Gasteiger partial charge in [0.05, 0.1) is 13.0 Å². The van der Waals surface area contributed by atoms with Crippen LogP contribution in [-0.4, -0.2) is 43.2 Å². The Morgan fingerprint density at radius 3 is 2.89 bits per heavy atom. The molecule has 1 aliphatic heterocycles. The molecule has 5 heteroatoms. The summed E-state index contributed by atoms with van der Waals surface area (Å²) in [5, 5.41) is 0. The second-order valence-corrected chi connectivity index (χ2v) is 5.23. The highest BCUT2D eigenvalue weighted by Crippen LogP contribution is 2.39. The topological polar surface area (TPSA) is 46.6 Å². The SMILES string of the molecule is COC(=O)CN(C)C(=O)C1CSc2ccccc21. The van der Waals surface area contributed by atoms with Crippen LogP contribution in [0.3, 0.4) is 0 Å². The van der Waals surface area contributed by atoms with Gasteiger partial charge in [-0.25, -0.2) is 0 Å². The number of rotatable bonds is 3. The van der Waals surface area contributed by atoms with Crippen LogP contribution < -0.4 is 0 Å². The fourth-order valence-corrected chi connectivity index (χ4v) is 3.19. The van der Waals surface area contributed by atoms with E-state index < -0.39 is 5.97 Å². The van der Waals surface area contributed by atoms with Crippen LogP contribution in [0.4, 0.5) is 0 Å². The van der Waals surface area contributed by atoms with Crippen molar-refractivity contribution in [3.05, 3.63) is 29.8 Å². The number of nitrogens with zero attached hydrogens (tertiary/aromatic N) is 1. The molecule has 0 aliphatic carbocycles. The Kier molecular flexibility index (Phi) is 3.91. The van der Waals surface area contributed by atoms with Gasteiger partial charge in [0.25, 0.3) is 0 Å². The first-order chi connectivity index (χ1) is 8.63. The highest BCUT2D eigenvalue weighted by Gasteiger charge is 2.31. The summed E-state index contributed by atoms with van der Waals surface area (Å²) in [6.45, 7) is -0.00132. The van der Waals surface area contributed by atoms with Crippen molar-refractivity contribution in [3.63, 3.8) is 0 Å². The zero-order chi connectivity index (χ0) is 13.1. The molecule has 1 aromatic carbocycles. The number of ether oxygens (including phenoxy) is 1. The van der Waals surface area contributed by atoms with Gasteiger partial charge in [0, 0.05) is 17.7 Å². The third kappa shape index (κ3) is 2.51. The average Bonchev–Trinajstić information content (AvgIpc) is 2.81. The van der Waals surface area contributed by atoms with E-state index in [0.29, 0.717) is 0 Å². The number of likely N-dealkylation sites (N-methyl/N-ethyl adjacent to an activating group) is 1. The van der Waals surface area contributed by atoms with Gasteiger partial charge in [-0.15, -0.1) is 11.8 Å². The van der Waals surface area contributed by atoms with Gasteiger partial charge in [-0.1, -0.05) is 18.2 Å². The van der Waals surface area contributed by atoms with E-state index in [9.17, 15) is 9.59 Å². The van der Waals surface area contributed by atoms with Crippen LogP contribution in [0.2, 0.25) is 0 Å². The Morgan fingerprint density at radius 1 is 1.44 bits per heavy atom. The first kappa shape index (κ1) is 13.0. The van der Waals surface area contributed by atoms with Crippen LogP contribution in [0.1, 0.15) is 11.5 Å². The van der Waals surface area contributed by atoms with Gasteiger partial charge in [0.1, 0.15) is 6.54 Å². The van der Waals surface area contributed by atoms with Gasteiger partial charge >= 0.3 is 5.97 Å². The third-order valence-corrected chi connectivity index (χ3v) is 4.15. The maximum absolute atomic E-state index is 12.3. The Labute approximate surface area is 110 Å². The fourth-order valence-electron chi connectivity index (χ4n) is 1.97. The highest BCUT2D eigenvalue weighted by atomic mass is 32.2. The second kappa shape index (κ2) is 5.44. The lowest BCUT2D eigenvalue weighted by Crippen LogP contribution is -2.36. The molecule has 0 saturated carbocycles. The number of methoxy groups -OCH3 is 1. The summed E-state index contributed by atoms with van der Waals surface area (Å²) in [5.41, 5.74) is 1.06. The fraction of sp³-hybridized carbons (Fsp3) is 0.385. The lowest BCUT2D eigenvalue weighted by Gasteiger charge is -2.20. The first-order valence-electron chi connectivity index (χ1n) is 5.67. The van der Waals surface area contributed by atoms with E-state index in [1.165, 1.54) is 12.0 Å². The van der Waals surface area contributed by atoms with Crippen LogP contribution in [0.15, 0.2) is 29.2 Å². The van der Waals surface area contributed by atoms with Crippen molar-refractivity contribution in [2.24, 2.45) is 0 Å². The maximum Gasteiger partial charge on any atom is 0.325 e. The Morgan fingerprint density at radius 2 is 2.17 bits per heavy atom. The minimum Gasteiger partial charge on any atom is -0.468 e. The standard InChI is InChI=1S/C13H15NO3S/c1-14(7-12(15)17-2)13(16)10-8-18-11-6-4-3-5-9(10)11/h3-6,10H,7-8H2,1-2H3. The highest BCUT2D eigenvalue weighted by molar-refractivity contribution is 7.99. The zero-order valence-corrected chi connectivity index (χ0v) is 11.2. The predicted molar refractivity (Wildman–Crippen MR) is 69.6 cm³/mol. The average molecular weight is 265 g/mol. The predicted octanol–water partition coefficient (Wildman–Crippen LogP) is 1.51. The molecule has 1 aliphatic rings. The number of fused-ring (bicyclic) bond motifs is 1. The molecule has 1 unspecified atom stereocenters. The number of hydrogen-bond acceptors (Lipinski definition) is 4. The van der Waals surface area contributed by atoms with Gasteiger partial charge in [0.2, 0.25) is 5.91 Å². The molecule has 0 spiro atoms. The van der Waals surface area contributed by atoms with Gasteiger partial charge in [-0.2, -0.15) is 0 Å². The molecule has 1 amide bonds. The molecule has 0 N–H and O–H groups in total. The summed E-state index contributed by atoms with van der Waals surface area (Å²) in [4.78, 5) is 26.0. The van der Waals surface area contributed by atoms with Crippen molar-refractivity contribution in [1.82, 2.24) is 4.90 Å². The van der Waals surface area contributed by atoms with Crippen LogP contribution >= 0.6 is 11.8 Å². The van der Waals surface area contributed by atoms with E-state index in [1.54, 1.807) is 18.8 Å². The van der Waals surface area contributed by atoms with Crippen LogP contribution in [-0.2, 0) is 14.3 Å². The van der Waals surface area contributed by atoms with Crippen molar-refractivity contribution < 1.29 is 14.3 Å². The summed E-state index contributed by atoms with van der Waals surface area (Å²) in [6, 6.07) is 7.90. The monoisotopic (exact) mass is 265 g/mol. The van der Waals surface area contributed by atoms with E-state index >= 15 is 0 Å². The summed E-state index contributed by atoms with van der Waals surface area (Å²) in [6.07, 6.45) is 0. The van der Waals surface area contributed by atoms with E-state index in [2.05, 4.69) is 4.74 Å². The molecule has 1 heterocycles. The molecule has 0 radical (unpaired) electrons.